The normalized spacial score (nSPS) is 25.3. The van der Waals surface area contributed by atoms with Crippen molar-refractivity contribution in [3.8, 4) is 5.75 Å². The van der Waals surface area contributed by atoms with Crippen LogP contribution in [0.5, 0.6) is 5.75 Å². The highest BCUT2D eigenvalue weighted by Gasteiger charge is 2.37. The molecule has 1 aromatic carbocycles. The molecule has 1 fully saturated rings. The van der Waals surface area contributed by atoms with Crippen molar-refractivity contribution in [1.29, 1.82) is 0 Å². The lowest BCUT2D eigenvalue weighted by molar-refractivity contribution is 0.343. The number of hydrogen-bond donors (Lipinski definition) is 1. The van der Waals surface area contributed by atoms with Crippen LogP contribution in [0.3, 0.4) is 0 Å². The number of methoxy groups -OCH3 is 1. The average Bonchev–Trinajstić information content (AvgIpc) is 2.64. The summed E-state index contributed by atoms with van der Waals surface area (Å²) in [6.45, 7) is 2.37. The Kier molecular flexibility index (Phi) is 3.42. The molecule has 1 atom stereocenters. The van der Waals surface area contributed by atoms with Crippen LogP contribution in [0.1, 0.15) is 63.4 Å². The Hall–Kier alpha value is -1.18. The van der Waals surface area contributed by atoms with Gasteiger partial charge in [0.05, 0.1) is 7.11 Å². The number of hydrogen-bond acceptors (Lipinski definition) is 2. The predicted molar refractivity (Wildman–Crippen MR) is 80.1 cm³/mol. The molecule has 104 valence electrons. The fourth-order valence-electron chi connectivity index (χ4n) is 3.96. The summed E-state index contributed by atoms with van der Waals surface area (Å²) in [5, 5.41) is 3.88. The summed E-state index contributed by atoms with van der Waals surface area (Å²) in [5.41, 5.74) is 3.12. The van der Waals surface area contributed by atoms with Crippen molar-refractivity contribution in [3.63, 3.8) is 0 Å². The molecule has 0 radical (unpaired) electrons. The summed E-state index contributed by atoms with van der Waals surface area (Å²) in [6.07, 6.45) is 9.52. The van der Waals surface area contributed by atoms with E-state index in [2.05, 4.69) is 30.4 Å². The molecule has 1 N–H and O–H groups in total. The van der Waals surface area contributed by atoms with Gasteiger partial charge in [0.2, 0.25) is 0 Å². The van der Waals surface area contributed by atoms with Gasteiger partial charge in [-0.2, -0.15) is 0 Å². The first kappa shape index (κ1) is 12.8. The quantitative estimate of drug-likeness (QED) is 0.788. The zero-order valence-electron chi connectivity index (χ0n) is 12.2. The molecule has 2 nitrogen and oxygen atoms in total. The first-order chi connectivity index (χ1) is 9.22. The molecule has 1 aromatic rings. The summed E-state index contributed by atoms with van der Waals surface area (Å²) in [4.78, 5) is 0. The minimum absolute atomic E-state index is 0.359. The van der Waals surface area contributed by atoms with E-state index in [1.807, 2.05) is 0 Å². The molecular formula is C17H25NO. The molecule has 2 heteroatoms. The van der Waals surface area contributed by atoms with Crippen LogP contribution in [0.2, 0.25) is 0 Å². The summed E-state index contributed by atoms with van der Waals surface area (Å²) in [6, 6.07) is 6.49. The zero-order chi connectivity index (χ0) is 13.3. The van der Waals surface area contributed by atoms with Crippen LogP contribution < -0.4 is 10.1 Å². The highest BCUT2D eigenvalue weighted by Crippen LogP contribution is 2.45. The maximum atomic E-state index is 5.36. The largest absolute Gasteiger partial charge is 0.497 e. The SMILES string of the molecule is COc1ccc2c(c1)C(C)CC1(CCCCCC1)N2. The topological polar surface area (TPSA) is 21.3 Å². The molecule has 3 rings (SSSR count). The van der Waals surface area contributed by atoms with E-state index in [1.165, 1.54) is 56.2 Å². The van der Waals surface area contributed by atoms with Crippen LogP contribution in [0.25, 0.3) is 0 Å². The number of fused-ring (bicyclic) bond motifs is 1. The number of rotatable bonds is 1. The zero-order valence-corrected chi connectivity index (χ0v) is 12.2. The van der Waals surface area contributed by atoms with E-state index in [0.717, 1.165) is 5.75 Å². The van der Waals surface area contributed by atoms with Gasteiger partial charge in [0.25, 0.3) is 0 Å². The lowest BCUT2D eigenvalue weighted by atomic mass is 9.75. The van der Waals surface area contributed by atoms with Gasteiger partial charge in [0.1, 0.15) is 5.75 Å². The lowest BCUT2D eigenvalue weighted by Gasteiger charge is -2.42. The Morgan fingerprint density at radius 3 is 2.58 bits per heavy atom. The van der Waals surface area contributed by atoms with Gasteiger partial charge in [-0.3, -0.25) is 0 Å². The smallest absolute Gasteiger partial charge is 0.119 e. The van der Waals surface area contributed by atoms with Crippen LogP contribution in [0, 0.1) is 0 Å². The third kappa shape index (κ3) is 2.45. The maximum Gasteiger partial charge on any atom is 0.119 e. The molecule has 0 amide bonds. The molecule has 0 aromatic heterocycles. The van der Waals surface area contributed by atoms with Crippen LogP contribution >= 0.6 is 0 Å². The Labute approximate surface area is 116 Å². The Balaban J connectivity index is 1.90. The fraction of sp³-hybridized carbons (Fsp3) is 0.647. The first-order valence-corrected chi connectivity index (χ1v) is 7.69. The minimum Gasteiger partial charge on any atom is -0.497 e. The highest BCUT2D eigenvalue weighted by molar-refractivity contribution is 5.59. The van der Waals surface area contributed by atoms with Gasteiger partial charge >= 0.3 is 0 Å². The van der Waals surface area contributed by atoms with Crippen molar-refractivity contribution >= 4 is 5.69 Å². The van der Waals surface area contributed by atoms with E-state index in [1.54, 1.807) is 7.11 Å². The molecule has 1 heterocycles. The van der Waals surface area contributed by atoms with Gasteiger partial charge in [-0.25, -0.2) is 0 Å². The van der Waals surface area contributed by atoms with Crippen LogP contribution in [0.4, 0.5) is 5.69 Å². The van der Waals surface area contributed by atoms with E-state index in [9.17, 15) is 0 Å². The maximum absolute atomic E-state index is 5.36. The molecule has 0 bridgehead atoms. The van der Waals surface area contributed by atoms with Gasteiger partial charge in [-0.15, -0.1) is 0 Å². The number of nitrogens with one attached hydrogen (secondary N) is 1. The van der Waals surface area contributed by atoms with Crippen molar-refractivity contribution in [2.45, 2.75) is 63.3 Å². The second-order valence-electron chi connectivity index (χ2n) is 6.38. The van der Waals surface area contributed by atoms with Gasteiger partial charge in [-0.05, 0) is 48.9 Å². The number of anilines is 1. The molecule has 1 unspecified atom stereocenters. The molecule has 1 saturated carbocycles. The van der Waals surface area contributed by atoms with E-state index < -0.39 is 0 Å². The second kappa shape index (κ2) is 5.07. The van der Waals surface area contributed by atoms with Crippen molar-refractivity contribution in [2.75, 3.05) is 12.4 Å². The third-order valence-electron chi connectivity index (χ3n) is 4.95. The Bertz CT molecular complexity index is 447. The molecular weight excluding hydrogens is 234 g/mol. The van der Waals surface area contributed by atoms with Crippen molar-refractivity contribution in [2.24, 2.45) is 0 Å². The fourth-order valence-corrected chi connectivity index (χ4v) is 3.96. The van der Waals surface area contributed by atoms with Crippen LogP contribution in [-0.4, -0.2) is 12.6 Å². The van der Waals surface area contributed by atoms with E-state index in [4.69, 9.17) is 4.74 Å². The molecule has 0 saturated heterocycles. The number of ether oxygens (including phenoxy) is 1. The van der Waals surface area contributed by atoms with E-state index in [-0.39, 0.29) is 0 Å². The van der Waals surface area contributed by atoms with Gasteiger partial charge in [0.15, 0.2) is 0 Å². The van der Waals surface area contributed by atoms with Gasteiger partial charge < -0.3 is 10.1 Å². The molecule has 1 aliphatic carbocycles. The molecule has 19 heavy (non-hydrogen) atoms. The standard InChI is InChI=1S/C17H25NO/c1-13-12-17(9-5-3-4-6-10-17)18-16-8-7-14(19-2)11-15(13)16/h7-8,11,13,18H,3-6,9-10,12H2,1-2H3. The number of benzene rings is 1. The lowest BCUT2D eigenvalue weighted by Crippen LogP contribution is -2.42. The molecule has 2 aliphatic rings. The summed E-state index contributed by atoms with van der Waals surface area (Å²) >= 11 is 0. The average molecular weight is 259 g/mol. The van der Waals surface area contributed by atoms with E-state index in [0.29, 0.717) is 11.5 Å². The Morgan fingerprint density at radius 1 is 1.16 bits per heavy atom. The van der Waals surface area contributed by atoms with E-state index >= 15 is 0 Å². The monoisotopic (exact) mass is 259 g/mol. The summed E-state index contributed by atoms with van der Waals surface area (Å²) in [7, 11) is 1.75. The van der Waals surface area contributed by atoms with Crippen LogP contribution in [-0.2, 0) is 0 Å². The minimum atomic E-state index is 0.359. The second-order valence-corrected chi connectivity index (χ2v) is 6.38. The first-order valence-electron chi connectivity index (χ1n) is 7.69. The third-order valence-corrected chi connectivity index (χ3v) is 4.95. The summed E-state index contributed by atoms with van der Waals surface area (Å²) in [5.74, 6) is 1.61. The van der Waals surface area contributed by atoms with Crippen molar-refractivity contribution in [3.05, 3.63) is 23.8 Å². The van der Waals surface area contributed by atoms with Gasteiger partial charge in [0, 0.05) is 11.2 Å². The van der Waals surface area contributed by atoms with Crippen LogP contribution in [0.15, 0.2) is 18.2 Å². The van der Waals surface area contributed by atoms with Crippen molar-refractivity contribution in [1.82, 2.24) is 0 Å². The highest BCUT2D eigenvalue weighted by atomic mass is 16.5. The molecule has 1 spiro atoms. The van der Waals surface area contributed by atoms with Crippen molar-refractivity contribution < 1.29 is 4.74 Å². The predicted octanol–water partition coefficient (Wildman–Crippen LogP) is 4.71. The molecule has 1 aliphatic heterocycles. The summed E-state index contributed by atoms with van der Waals surface area (Å²) < 4.78 is 5.36. The Morgan fingerprint density at radius 2 is 1.89 bits per heavy atom. The van der Waals surface area contributed by atoms with Gasteiger partial charge in [-0.1, -0.05) is 32.6 Å².